The fourth-order valence-electron chi connectivity index (χ4n) is 2.41. The number of nitrogens with one attached hydrogen (secondary N) is 1. The lowest BCUT2D eigenvalue weighted by molar-refractivity contribution is -0.127. The first-order valence-electron chi connectivity index (χ1n) is 8.27. The van der Waals surface area contributed by atoms with Crippen LogP contribution < -0.4 is 14.8 Å². The van der Waals surface area contributed by atoms with Gasteiger partial charge in [-0.3, -0.25) is 4.79 Å². The van der Waals surface area contributed by atoms with Crippen LogP contribution in [-0.2, 0) is 4.79 Å². The summed E-state index contributed by atoms with van der Waals surface area (Å²) in [4.78, 5) is 12.1. The summed E-state index contributed by atoms with van der Waals surface area (Å²) >= 11 is 6.05. The third kappa shape index (κ3) is 5.98. The first-order valence-corrected chi connectivity index (χ1v) is 8.64. The summed E-state index contributed by atoms with van der Waals surface area (Å²) < 4.78 is 11.3. The molecule has 0 bridgehead atoms. The Morgan fingerprint density at radius 2 is 1.76 bits per heavy atom. The zero-order chi connectivity index (χ0) is 18.4. The Morgan fingerprint density at radius 3 is 2.40 bits per heavy atom. The van der Waals surface area contributed by atoms with Crippen molar-refractivity contribution in [3.63, 3.8) is 0 Å². The van der Waals surface area contributed by atoms with Crippen LogP contribution in [0.25, 0.3) is 0 Å². The maximum Gasteiger partial charge on any atom is 0.260 e. The van der Waals surface area contributed by atoms with E-state index in [-0.39, 0.29) is 5.91 Å². The molecule has 2 aromatic carbocycles. The van der Waals surface area contributed by atoms with E-state index in [0.29, 0.717) is 29.7 Å². The van der Waals surface area contributed by atoms with Crippen LogP contribution in [0, 0.1) is 20.8 Å². The molecule has 0 aliphatic carbocycles. The number of amides is 1. The fraction of sp³-hybridized carbons (Fsp3) is 0.350. The fourth-order valence-corrected chi connectivity index (χ4v) is 2.58. The van der Waals surface area contributed by atoms with Gasteiger partial charge in [0, 0.05) is 5.02 Å². The summed E-state index contributed by atoms with van der Waals surface area (Å²) in [6.45, 7) is 8.42. The van der Waals surface area contributed by atoms with Crippen molar-refractivity contribution in [2.45, 2.75) is 33.8 Å². The van der Waals surface area contributed by atoms with Gasteiger partial charge < -0.3 is 14.8 Å². The molecule has 4 nitrogen and oxygen atoms in total. The molecule has 1 N–H and O–H groups in total. The molecule has 2 aromatic rings. The lowest BCUT2D eigenvalue weighted by Crippen LogP contribution is -2.38. The van der Waals surface area contributed by atoms with E-state index in [4.69, 9.17) is 21.1 Å². The number of rotatable bonds is 7. The van der Waals surface area contributed by atoms with Crippen LogP contribution in [0.4, 0.5) is 0 Å². The molecule has 1 atom stereocenters. The highest BCUT2D eigenvalue weighted by Crippen LogP contribution is 2.21. The monoisotopic (exact) mass is 361 g/mol. The summed E-state index contributed by atoms with van der Waals surface area (Å²) in [5, 5.41) is 3.47. The SMILES string of the molecule is Cc1cc(C)cc(O[C@H](C)C(=O)NCCOc2ccc(C)c(Cl)c2)c1. The van der Waals surface area contributed by atoms with Crippen molar-refractivity contribution in [1.82, 2.24) is 5.32 Å². The van der Waals surface area contributed by atoms with Crippen molar-refractivity contribution in [1.29, 1.82) is 0 Å². The molecular formula is C20H24ClNO3. The molecule has 0 saturated heterocycles. The van der Waals surface area contributed by atoms with Gasteiger partial charge in [-0.15, -0.1) is 0 Å². The van der Waals surface area contributed by atoms with Gasteiger partial charge in [-0.05, 0) is 68.7 Å². The van der Waals surface area contributed by atoms with Gasteiger partial charge in [-0.2, -0.15) is 0 Å². The number of hydrogen-bond acceptors (Lipinski definition) is 3. The number of hydrogen-bond donors (Lipinski definition) is 1. The molecule has 2 rings (SSSR count). The summed E-state index contributed by atoms with van der Waals surface area (Å²) in [7, 11) is 0. The number of benzene rings is 2. The van der Waals surface area contributed by atoms with Gasteiger partial charge in [-0.25, -0.2) is 0 Å². The molecule has 134 valence electrons. The second-order valence-corrected chi connectivity index (χ2v) is 6.54. The Balaban J connectivity index is 1.76. The van der Waals surface area contributed by atoms with E-state index in [1.807, 2.05) is 45.0 Å². The van der Waals surface area contributed by atoms with Gasteiger partial charge in [0.15, 0.2) is 6.10 Å². The molecule has 5 heteroatoms. The molecule has 0 fully saturated rings. The predicted octanol–water partition coefficient (Wildman–Crippen LogP) is 4.23. The van der Waals surface area contributed by atoms with Crippen LogP contribution in [-0.4, -0.2) is 25.2 Å². The topological polar surface area (TPSA) is 47.6 Å². The van der Waals surface area contributed by atoms with E-state index in [2.05, 4.69) is 11.4 Å². The van der Waals surface area contributed by atoms with E-state index in [1.165, 1.54) is 0 Å². The Kier molecular flexibility index (Phi) is 6.71. The van der Waals surface area contributed by atoms with Gasteiger partial charge in [0.25, 0.3) is 5.91 Å². The summed E-state index contributed by atoms with van der Waals surface area (Å²) in [6, 6.07) is 11.4. The van der Waals surface area contributed by atoms with E-state index in [9.17, 15) is 4.79 Å². The smallest absolute Gasteiger partial charge is 0.260 e. The highest BCUT2D eigenvalue weighted by atomic mass is 35.5. The second-order valence-electron chi connectivity index (χ2n) is 6.13. The molecule has 0 saturated carbocycles. The second kappa shape index (κ2) is 8.77. The molecule has 0 spiro atoms. The molecule has 0 unspecified atom stereocenters. The van der Waals surface area contributed by atoms with Gasteiger partial charge in [-0.1, -0.05) is 23.7 Å². The highest BCUT2D eigenvalue weighted by molar-refractivity contribution is 6.31. The molecule has 0 radical (unpaired) electrons. The zero-order valence-electron chi connectivity index (χ0n) is 15.1. The quantitative estimate of drug-likeness (QED) is 0.751. The minimum atomic E-state index is -0.574. The number of aryl methyl sites for hydroxylation is 3. The summed E-state index contributed by atoms with van der Waals surface area (Å²) in [6.07, 6.45) is -0.574. The van der Waals surface area contributed by atoms with E-state index < -0.39 is 6.10 Å². The third-order valence-corrected chi connectivity index (χ3v) is 4.10. The Bertz CT molecular complexity index is 725. The van der Waals surface area contributed by atoms with E-state index in [0.717, 1.165) is 16.7 Å². The molecule has 25 heavy (non-hydrogen) atoms. The summed E-state index contributed by atoms with van der Waals surface area (Å²) in [5.74, 6) is 1.21. The Hall–Kier alpha value is -2.20. The standard InChI is InChI=1S/C20H24ClNO3/c1-13-9-14(2)11-18(10-13)25-16(4)20(23)22-7-8-24-17-6-5-15(3)19(21)12-17/h5-6,9-12,16H,7-8H2,1-4H3,(H,22,23)/t16-/m1/s1. The van der Waals surface area contributed by atoms with E-state index >= 15 is 0 Å². The number of carbonyl (C=O) groups is 1. The average molecular weight is 362 g/mol. The highest BCUT2D eigenvalue weighted by Gasteiger charge is 2.14. The lowest BCUT2D eigenvalue weighted by atomic mass is 10.1. The molecule has 0 aliphatic rings. The molecular weight excluding hydrogens is 338 g/mol. The van der Waals surface area contributed by atoms with Crippen molar-refractivity contribution in [2.24, 2.45) is 0 Å². The van der Waals surface area contributed by atoms with Crippen molar-refractivity contribution >= 4 is 17.5 Å². The van der Waals surface area contributed by atoms with Crippen molar-refractivity contribution < 1.29 is 14.3 Å². The summed E-state index contributed by atoms with van der Waals surface area (Å²) in [5.41, 5.74) is 3.21. The van der Waals surface area contributed by atoms with Crippen LogP contribution in [0.5, 0.6) is 11.5 Å². The van der Waals surface area contributed by atoms with Crippen molar-refractivity contribution in [3.05, 3.63) is 58.1 Å². The van der Waals surface area contributed by atoms with Crippen LogP contribution in [0.2, 0.25) is 5.02 Å². The van der Waals surface area contributed by atoms with Crippen molar-refractivity contribution in [2.75, 3.05) is 13.2 Å². The molecule has 0 aromatic heterocycles. The number of ether oxygens (including phenoxy) is 2. The van der Waals surface area contributed by atoms with Gasteiger partial charge >= 0.3 is 0 Å². The van der Waals surface area contributed by atoms with Gasteiger partial charge in [0.1, 0.15) is 18.1 Å². The molecule has 0 aliphatic heterocycles. The van der Waals surface area contributed by atoms with Crippen LogP contribution in [0.15, 0.2) is 36.4 Å². The number of carbonyl (C=O) groups excluding carboxylic acids is 1. The zero-order valence-corrected chi connectivity index (χ0v) is 15.8. The van der Waals surface area contributed by atoms with Crippen LogP contribution in [0.3, 0.4) is 0 Å². The minimum Gasteiger partial charge on any atom is -0.492 e. The maximum absolute atomic E-state index is 12.1. The first kappa shape index (κ1) is 19.1. The van der Waals surface area contributed by atoms with E-state index in [1.54, 1.807) is 13.0 Å². The largest absolute Gasteiger partial charge is 0.492 e. The lowest BCUT2D eigenvalue weighted by Gasteiger charge is -2.16. The van der Waals surface area contributed by atoms with Gasteiger partial charge in [0.05, 0.1) is 6.54 Å². The van der Waals surface area contributed by atoms with Crippen molar-refractivity contribution in [3.8, 4) is 11.5 Å². The normalized spacial score (nSPS) is 11.7. The first-order chi connectivity index (χ1) is 11.8. The predicted molar refractivity (Wildman–Crippen MR) is 101 cm³/mol. The van der Waals surface area contributed by atoms with Crippen LogP contribution >= 0.6 is 11.6 Å². The average Bonchev–Trinajstić information content (AvgIpc) is 2.53. The Morgan fingerprint density at radius 1 is 1.08 bits per heavy atom. The Labute approximate surface area is 154 Å². The van der Waals surface area contributed by atoms with Crippen LogP contribution in [0.1, 0.15) is 23.6 Å². The molecule has 1 amide bonds. The molecule has 0 heterocycles. The number of halogens is 1. The minimum absolute atomic E-state index is 0.176. The maximum atomic E-state index is 12.1. The third-order valence-electron chi connectivity index (χ3n) is 3.69. The van der Waals surface area contributed by atoms with Gasteiger partial charge in [0.2, 0.25) is 0 Å².